The third kappa shape index (κ3) is 3.74. The summed E-state index contributed by atoms with van der Waals surface area (Å²) in [6.45, 7) is 3.66. The smallest absolute Gasteiger partial charge is 0.336 e. The highest BCUT2D eigenvalue weighted by Crippen LogP contribution is 2.16. The van der Waals surface area contributed by atoms with Crippen molar-refractivity contribution in [1.82, 2.24) is 0 Å². The van der Waals surface area contributed by atoms with Gasteiger partial charge in [-0.15, -0.1) is 0 Å². The predicted octanol–water partition coefficient (Wildman–Crippen LogP) is 3.35. The fourth-order valence-electron chi connectivity index (χ4n) is 1.81. The molecule has 4 heteroatoms. The van der Waals surface area contributed by atoms with Crippen LogP contribution in [0.5, 0.6) is 0 Å². The minimum Gasteiger partial charge on any atom is -0.478 e. The van der Waals surface area contributed by atoms with E-state index in [4.69, 9.17) is 5.11 Å². The Morgan fingerprint density at radius 3 is 2.26 bits per heavy atom. The van der Waals surface area contributed by atoms with Crippen LogP contribution in [0, 0.1) is 0 Å². The van der Waals surface area contributed by atoms with E-state index < -0.39 is 5.97 Å². The molecule has 0 saturated heterocycles. The first-order chi connectivity index (χ1) is 9.01. The number of carbonyl (C=O) groups is 3. The molecule has 1 rings (SSSR count). The molecule has 102 valence electrons. The molecule has 0 saturated carbocycles. The van der Waals surface area contributed by atoms with Gasteiger partial charge in [-0.25, -0.2) is 4.79 Å². The average Bonchev–Trinajstić information content (AvgIpc) is 2.42. The normalized spacial score (nSPS) is 10.2. The van der Waals surface area contributed by atoms with Crippen molar-refractivity contribution >= 4 is 17.5 Å². The topological polar surface area (TPSA) is 71.4 Å². The van der Waals surface area contributed by atoms with E-state index in [0.29, 0.717) is 12.0 Å². The lowest BCUT2D eigenvalue weighted by atomic mass is 9.96. The number of carboxylic acids is 1. The molecule has 0 heterocycles. The van der Waals surface area contributed by atoms with E-state index in [9.17, 15) is 14.4 Å². The number of hydrogen-bond acceptors (Lipinski definition) is 3. The van der Waals surface area contributed by atoms with Crippen LogP contribution in [0.3, 0.4) is 0 Å². The van der Waals surface area contributed by atoms with Gasteiger partial charge in [0.2, 0.25) is 0 Å². The quantitative estimate of drug-likeness (QED) is 0.765. The highest BCUT2D eigenvalue weighted by atomic mass is 16.4. The Hall–Kier alpha value is -1.97. The van der Waals surface area contributed by atoms with Crippen LogP contribution in [0.2, 0.25) is 0 Å². The summed E-state index contributed by atoms with van der Waals surface area (Å²) in [4.78, 5) is 34.7. The molecule has 0 radical (unpaired) electrons. The van der Waals surface area contributed by atoms with Gasteiger partial charge in [-0.1, -0.05) is 26.3 Å². The summed E-state index contributed by atoms with van der Waals surface area (Å²) in [6.07, 6.45) is 2.34. The first kappa shape index (κ1) is 15.1. The lowest BCUT2D eigenvalue weighted by Gasteiger charge is -2.07. The van der Waals surface area contributed by atoms with Crippen molar-refractivity contribution in [2.75, 3.05) is 0 Å². The summed E-state index contributed by atoms with van der Waals surface area (Å²) in [7, 11) is 0. The van der Waals surface area contributed by atoms with Gasteiger partial charge >= 0.3 is 5.97 Å². The summed E-state index contributed by atoms with van der Waals surface area (Å²) >= 11 is 0. The van der Waals surface area contributed by atoms with E-state index >= 15 is 0 Å². The van der Waals surface area contributed by atoms with Crippen LogP contribution in [0.4, 0.5) is 0 Å². The molecule has 1 aromatic rings. The van der Waals surface area contributed by atoms with Crippen LogP contribution in [-0.2, 0) is 0 Å². The van der Waals surface area contributed by atoms with Crippen LogP contribution in [0.1, 0.15) is 70.6 Å². The summed E-state index contributed by atoms with van der Waals surface area (Å²) in [5.41, 5.74) is 0.492. The third-order valence-electron chi connectivity index (χ3n) is 2.95. The summed E-state index contributed by atoms with van der Waals surface area (Å²) in [5, 5.41) is 9.04. The van der Waals surface area contributed by atoms with Gasteiger partial charge in [-0.05, 0) is 18.6 Å². The number of unbranched alkanes of at least 4 members (excludes halogenated alkanes) is 1. The first-order valence-electron chi connectivity index (χ1n) is 6.45. The number of carbonyl (C=O) groups excluding carboxylic acids is 2. The highest BCUT2D eigenvalue weighted by Gasteiger charge is 2.17. The van der Waals surface area contributed by atoms with Crippen molar-refractivity contribution < 1.29 is 19.5 Å². The van der Waals surface area contributed by atoms with Crippen molar-refractivity contribution in [2.45, 2.75) is 39.5 Å². The molecule has 1 N–H and O–H groups in total. The lowest BCUT2D eigenvalue weighted by Crippen LogP contribution is -2.10. The Morgan fingerprint density at radius 2 is 1.74 bits per heavy atom. The second kappa shape index (κ2) is 6.83. The van der Waals surface area contributed by atoms with Crippen molar-refractivity contribution in [2.24, 2.45) is 0 Å². The monoisotopic (exact) mass is 262 g/mol. The van der Waals surface area contributed by atoms with Gasteiger partial charge < -0.3 is 5.11 Å². The molecular weight excluding hydrogens is 244 g/mol. The maximum absolute atomic E-state index is 11.9. The van der Waals surface area contributed by atoms with Gasteiger partial charge in [0.05, 0.1) is 5.56 Å². The number of benzene rings is 1. The zero-order valence-electron chi connectivity index (χ0n) is 11.2. The van der Waals surface area contributed by atoms with Crippen molar-refractivity contribution in [3.63, 3.8) is 0 Å². The fourth-order valence-corrected chi connectivity index (χ4v) is 1.81. The molecule has 0 amide bonds. The highest BCUT2D eigenvalue weighted by molar-refractivity contribution is 6.08. The van der Waals surface area contributed by atoms with Crippen LogP contribution < -0.4 is 0 Å². The van der Waals surface area contributed by atoms with Crippen molar-refractivity contribution in [1.29, 1.82) is 0 Å². The molecule has 0 aromatic heterocycles. The van der Waals surface area contributed by atoms with Gasteiger partial charge in [0.25, 0.3) is 0 Å². The maximum Gasteiger partial charge on any atom is 0.336 e. The zero-order chi connectivity index (χ0) is 14.4. The molecule has 0 fully saturated rings. The zero-order valence-corrected chi connectivity index (χ0v) is 11.2. The SMILES string of the molecule is CCCCC(=O)c1ccc(C(=O)O)c(C(=O)CC)c1. The van der Waals surface area contributed by atoms with Crippen molar-refractivity contribution in [3.8, 4) is 0 Å². The van der Waals surface area contributed by atoms with E-state index in [2.05, 4.69) is 0 Å². The Balaban J connectivity index is 3.14. The Morgan fingerprint density at radius 1 is 1.05 bits per heavy atom. The largest absolute Gasteiger partial charge is 0.478 e. The number of Topliss-reactive ketones (excluding diaryl/α,β-unsaturated/α-hetero) is 2. The van der Waals surface area contributed by atoms with Gasteiger partial charge in [0, 0.05) is 24.0 Å². The summed E-state index contributed by atoms with van der Waals surface area (Å²) in [5.74, 6) is -1.46. The lowest BCUT2D eigenvalue weighted by molar-refractivity contribution is 0.0691. The van der Waals surface area contributed by atoms with Crippen LogP contribution in [-0.4, -0.2) is 22.6 Å². The maximum atomic E-state index is 11.9. The standard InChI is InChI=1S/C15H18O4/c1-3-5-6-14(17)10-7-8-11(15(18)19)12(9-10)13(16)4-2/h7-9H,3-6H2,1-2H3,(H,18,19). The number of ketones is 2. The number of hydrogen-bond donors (Lipinski definition) is 1. The molecule has 0 aliphatic rings. The number of carboxylic acid groups (broad SMARTS) is 1. The minimum atomic E-state index is -1.15. The van der Waals surface area contributed by atoms with E-state index in [0.717, 1.165) is 12.8 Å². The predicted molar refractivity (Wildman–Crippen MR) is 71.9 cm³/mol. The second-order valence-electron chi connectivity index (χ2n) is 4.37. The third-order valence-corrected chi connectivity index (χ3v) is 2.95. The minimum absolute atomic E-state index is 0.0427. The van der Waals surface area contributed by atoms with Crippen LogP contribution in [0.15, 0.2) is 18.2 Å². The van der Waals surface area contributed by atoms with E-state index in [1.165, 1.54) is 18.2 Å². The Kier molecular flexibility index (Phi) is 5.42. The van der Waals surface area contributed by atoms with E-state index in [1.54, 1.807) is 6.92 Å². The molecule has 0 aliphatic heterocycles. The second-order valence-corrected chi connectivity index (χ2v) is 4.37. The Bertz CT molecular complexity index is 503. The Labute approximate surface area is 112 Å². The molecule has 0 aliphatic carbocycles. The van der Waals surface area contributed by atoms with Crippen LogP contribution >= 0.6 is 0 Å². The fraction of sp³-hybridized carbons (Fsp3) is 0.400. The van der Waals surface area contributed by atoms with E-state index in [1.807, 2.05) is 6.92 Å². The van der Waals surface area contributed by atoms with Crippen molar-refractivity contribution in [3.05, 3.63) is 34.9 Å². The van der Waals surface area contributed by atoms with Gasteiger partial charge in [-0.3, -0.25) is 9.59 Å². The molecule has 0 bridgehead atoms. The molecule has 0 unspecified atom stereocenters. The number of rotatable bonds is 7. The van der Waals surface area contributed by atoms with Gasteiger partial charge in [0.15, 0.2) is 11.6 Å². The van der Waals surface area contributed by atoms with Crippen LogP contribution in [0.25, 0.3) is 0 Å². The van der Waals surface area contributed by atoms with E-state index in [-0.39, 0.29) is 29.1 Å². The molecule has 1 aromatic carbocycles. The average molecular weight is 262 g/mol. The molecule has 19 heavy (non-hydrogen) atoms. The van der Waals surface area contributed by atoms with Gasteiger partial charge in [0.1, 0.15) is 0 Å². The van der Waals surface area contributed by atoms with Gasteiger partial charge in [-0.2, -0.15) is 0 Å². The molecular formula is C15H18O4. The number of aromatic carboxylic acids is 1. The molecule has 0 atom stereocenters. The molecule has 0 spiro atoms. The summed E-state index contributed by atoms with van der Waals surface area (Å²) < 4.78 is 0. The molecule has 4 nitrogen and oxygen atoms in total. The summed E-state index contributed by atoms with van der Waals surface area (Å²) in [6, 6.07) is 4.23. The first-order valence-corrected chi connectivity index (χ1v) is 6.45.